The first-order valence-corrected chi connectivity index (χ1v) is 10.9. The number of ether oxygens (including phenoxy) is 4. The molecule has 184 valence electrons. The Hall–Kier alpha value is -3.75. The third-order valence-electron chi connectivity index (χ3n) is 4.39. The van der Waals surface area contributed by atoms with Gasteiger partial charge in [0.1, 0.15) is 30.6 Å². The average Bonchev–Trinajstić information content (AvgIpc) is 2.80. The molecule has 2 rings (SSSR count). The Morgan fingerprint density at radius 2 is 1.59 bits per heavy atom. The topological polar surface area (TPSA) is 112 Å². The van der Waals surface area contributed by atoms with Crippen LogP contribution in [-0.4, -0.2) is 50.1 Å². The maximum absolute atomic E-state index is 12.1. The van der Waals surface area contributed by atoms with E-state index in [1.54, 1.807) is 45.0 Å². The lowest BCUT2D eigenvalue weighted by atomic mass is 10.1. The first-order chi connectivity index (χ1) is 16.2. The number of rotatable bonds is 10. The molecule has 0 heterocycles. The van der Waals surface area contributed by atoms with Gasteiger partial charge in [-0.15, -0.1) is 0 Å². The van der Waals surface area contributed by atoms with Crippen molar-refractivity contribution in [1.29, 1.82) is 0 Å². The van der Waals surface area contributed by atoms with Gasteiger partial charge in [0, 0.05) is 6.42 Å². The van der Waals surface area contributed by atoms with E-state index in [9.17, 15) is 14.4 Å². The van der Waals surface area contributed by atoms with Gasteiger partial charge >= 0.3 is 18.2 Å². The number of hydrogen-bond donors (Lipinski definition) is 2. The molecule has 34 heavy (non-hydrogen) atoms. The molecule has 0 aromatic heterocycles. The highest BCUT2D eigenvalue weighted by molar-refractivity contribution is 5.81. The van der Waals surface area contributed by atoms with E-state index in [0.29, 0.717) is 5.75 Å². The van der Waals surface area contributed by atoms with Crippen LogP contribution in [-0.2, 0) is 32.0 Å². The molecule has 0 aliphatic heterocycles. The molecule has 0 unspecified atom stereocenters. The smallest absolute Gasteiger partial charge is 0.408 e. The summed E-state index contributed by atoms with van der Waals surface area (Å²) in [6, 6.07) is 15.6. The fraction of sp³-hybridized carbons (Fsp3) is 0.400. The first-order valence-electron chi connectivity index (χ1n) is 10.9. The van der Waals surface area contributed by atoms with Gasteiger partial charge in [0.15, 0.2) is 0 Å². The monoisotopic (exact) mass is 472 g/mol. The van der Waals surface area contributed by atoms with Gasteiger partial charge in [0.25, 0.3) is 0 Å². The van der Waals surface area contributed by atoms with E-state index in [1.165, 1.54) is 7.11 Å². The molecule has 0 saturated carbocycles. The van der Waals surface area contributed by atoms with Crippen molar-refractivity contribution in [3.8, 4) is 5.75 Å². The largest absolute Gasteiger partial charge is 0.492 e. The third kappa shape index (κ3) is 10.2. The van der Waals surface area contributed by atoms with E-state index in [-0.39, 0.29) is 26.2 Å². The summed E-state index contributed by atoms with van der Waals surface area (Å²) in [4.78, 5) is 35.9. The zero-order chi connectivity index (χ0) is 25.0. The Kier molecular flexibility index (Phi) is 10.2. The molecule has 0 bridgehead atoms. The molecular formula is C25H32N2O7. The lowest BCUT2D eigenvalue weighted by molar-refractivity contribution is -0.143. The summed E-state index contributed by atoms with van der Waals surface area (Å²) < 4.78 is 20.7. The zero-order valence-corrected chi connectivity index (χ0v) is 20.0. The fourth-order valence-electron chi connectivity index (χ4n) is 2.84. The maximum atomic E-state index is 12.1. The summed E-state index contributed by atoms with van der Waals surface area (Å²) in [6.07, 6.45) is -0.993. The number of nitrogens with one attached hydrogen (secondary N) is 2. The van der Waals surface area contributed by atoms with E-state index in [1.807, 2.05) is 30.3 Å². The Morgan fingerprint density at radius 1 is 0.912 bits per heavy atom. The third-order valence-corrected chi connectivity index (χ3v) is 4.39. The van der Waals surface area contributed by atoms with Crippen LogP contribution in [0.4, 0.5) is 9.59 Å². The molecule has 9 heteroatoms. The van der Waals surface area contributed by atoms with E-state index in [0.717, 1.165) is 11.1 Å². The Bertz CT molecular complexity index is 925. The van der Waals surface area contributed by atoms with Crippen LogP contribution in [0.2, 0.25) is 0 Å². The second kappa shape index (κ2) is 13.1. The number of methoxy groups -OCH3 is 1. The minimum atomic E-state index is -0.891. The number of esters is 1. The summed E-state index contributed by atoms with van der Waals surface area (Å²) in [6.45, 7) is 5.94. The molecule has 9 nitrogen and oxygen atoms in total. The van der Waals surface area contributed by atoms with Crippen LogP contribution >= 0.6 is 0 Å². The number of alkyl carbamates (subject to hydrolysis) is 2. The second-order valence-corrected chi connectivity index (χ2v) is 8.41. The van der Waals surface area contributed by atoms with Gasteiger partial charge in [-0.25, -0.2) is 14.4 Å². The minimum Gasteiger partial charge on any atom is -0.492 e. The van der Waals surface area contributed by atoms with E-state index in [4.69, 9.17) is 18.9 Å². The number of hydrogen-bond acceptors (Lipinski definition) is 7. The van der Waals surface area contributed by atoms with Crippen LogP contribution < -0.4 is 15.4 Å². The molecule has 0 aliphatic rings. The highest BCUT2D eigenvalue weighted by Crippen LogP contribution is 2.14. The van der Waals surface area contributed by atoms with Gasteiger partial charge in [0.05, 0.1) is 13.7 Å². The zero-order valence-electron chi connectivity index (χ0n) is 20.0. The van der Waals surface area contributed by atoms with Crippen molar-refractivity contribution in [3.63, 3.8) is 0 Å². The van der Waals surface area contributed by atoms with Crippen LogP contribution in [0.5, 0.6) is 5.75 Å². The molecule has 0 spiro atoms. The number of carbonyl (C=O) groups is 3. The molecule has 2 aromatic rings. The summed E-state index contributed by atoms with van der Waals surface area (Å²) in [5, 5.41) is 5.17. The van der Waals surface area contributed by atoms with Crippen LogP contribution in [0.15, 0.2) is 54.6 Å². The van der Waals surface area contributed by atoms with Crippen molar-refractivity contribution in [2.75, 3.05) is 20.3 Å². The predicted molar refractivity (Wildman–Crippen MR) is 125 cm³/mol. The number of amides is 2. The lowest BCUT2D eigenvalue weighted by Gasteiger charge is -2.22. The van der Waals surface area contributed by atoms with Gasteiger partial charge in [-0.1, -0.05) is 42.5 Å². The van der Waals surface area contributed by atoms with Crippen LogP contribution in [0.1, 0.15) is 31.9 Å². The highest BCUT2D eigenvalue weighted by Gasteiger charge is 2.25. The molecule has 2 amide bonds. The van der Waals surface area contributed by atoms with Crippen molar-refractivity contribution >= 4 is 18.2 Å². The number of benzene rings is 2. The Morgan fingerprint density at radius 3 is 2.21 bits per heavy atom. The Labute approximate surface area is 199 Å². The second-order valence-electron chi connectivity index (χ2n) is 8.41. The highest BCUT2D eigenvalue weighted by atomic mass is 16.6. The standard InChI is InChI=1S/C25H32N2O7/c1-25(2,3)34-24(30)27-21(22(28)31-4)16-18-10-12-20(13-11-18)32-15-14-26-23(29)33-17-19-8-6-5-7-9-19/h5-13,21H,14-17H2,1-4H3,(H,26,29)(H,27,30)/t21-/m0/s1. The van der Waals surface area contributed by atoms with E-state index in [2.05, 4.69) is 10.6 Å². The maximum Gasteiger partial charge on any atom is 0.408 e. The van der Waals surface area contributed by atoms with E-state index >= 15 is 0 Å². The SMILES string of the molecule is COC(=O)[C@H](Cc1ccc(OCCNC(=O)OCc2ccccc2)cc1)NC(=O)OC(C)(C)C. The summed E-state index contributed by atoms with van der Waals surface area (Å²) >= 11 is 0. The molecule has 0 aliphatic carbocycles. The lowest BCUT2D eigenvalue weighted by Crippen LogP contribution is -2.45. The van der Waals surface area contributed by atoms with Gasteiger partial charge < -0.3 is 29.6 Å². The molecule has 2 aromatic carbocycles. The van der Waals surface area contributed by atoms with Gasteiger partial charge in [0.2, 0.25) is 0 Å². The number of carbonyl (C=O) groups excluding carboxylic acids is 3. The summed E-state index contributed by atoms with van der Waals surface area (Å²) in [5.41, 5.74) is 1.02. The van der Waals surface area contributed by atoms with Crippen LogP contribution in [0.25, 0.3) is 0 Å². The molecule has 2 N–H and O–H groups in total. The molecule has 0 radical (unpaired) electrons. The molecule has 1 atom stereocenters. The van der Waals surface area contributed by atoms with E-state index < -0.39 is 29.8 Å². The normalized spacial score (nSPS) is 11.6. The Balaban J connectivity index is 1.75. The summed E-state index contributed by atoms with van der Waals surface area (Å²) in [7, 11) is 1.26. The predicted octanol–water partition coefficient (Wildman–Crippen LogP) is 3.60. The quantitative estimate of drug-likeness (QED) is 0.309. The van der Waals surface area contributed by atoms with Gasteiger partial charge in [-0.3, -0.25) is 0 Å². The molecule has 0 fully saturated rings. The molecule has 0 saturated heterocycles. The minimum absolute atomic E-state index is 0.199. The van der Waals surface area contributed by atoms with Crippen molar-refractivity contribution in [2.45, 2.75) is 45.4 Å². The van der Waals surface area contributed by atoms with Gasteiger partial charge in [-0.2, -0.15) is 0 Å². The molecular weight excluding hydrogens is 440 g/mol. The fourth-order valence-corrected chi connectivity index (χ4v) is 2.84. The van der Waals surface area contributed by atoms with Crippen LogP contribution in [0, 0.1) is 0 Å². The van der Waals surface area contributed by atoms with Crippen LogP contribution in [0.3, 0.4) is 0 Å². The van der Waals surface area contributed by atoms with Crippen molar-refractivity contribution in [1.82, 2.24) is 10.6 Å². The first kappa shape index (κ1) is 26.5. The van der Waals surface area contributed by atoms with Crippen molar-refractivity contribution in [3.05, 3.63) is 65.7 Å². The van der Waals surface area contributed by atoms with Crippen molar-refractivity contribution in [2.24, 2.45) is 0 Å². The average molecular weight is 473 g/mol. The van der Waals surface area contributed by atoms with Crippen molar-refractivity contribution < 1.29 is 33.3 Å². The van der Waals surface area contributed by atoms with Gasteiger partial charge in [-0.05, 0) is 44.0 Å². The summed E-state index contributed by atoms with van der Waals surface area (Å²) in [5.74, 6) is 0.0225.